The van der Waals surface area contributed by atoms with E-state index in [1.165, 1.54) is 0 Å². The van der Waals surface area contributed by atoms with E-state index in [0.717, 1.165) is 62.1 Å². The molecule has 0 aromatic heterocycles. The number of rotatable bonds is 24. The molecule has 0 radical (unpaired) electrons. The third-order valence-electron chi connectivity index (χ3n) is 6.81. The number of unbranched alkanes of at least 4 members (excludes halogenated alkanes) is 4. The predicted octanol–water partition coefficient (Wildman–Crippen LogP) is 4.85. The van der Waals surface area contributed by atoms with Crippen molar-refractivity contribution in [3.8, 4) is 0 Å². The number of amides is 1. The first kappa shape index (κ1) is 38.8. The van der Waals surface area contributed by atoms with Gasteiger partial charge < -0.3 is 27.4 Å². The van der Waals surface area contributed by atoms with Crippen LogP contribution in [0.4, 0.5) is 0 Å². The number of nitrogens with one attached hydrogen (secondary N) is 1. The van der Waals surface area contributed by atoms with Crippen LogP contribution >= 0.6 is 0 Å². The van der Waals surface area contributed by atoms with E-state index in [4.69, 9.17) is 4.12 Å². The second-order valence-corrected chi connectivity index (χ2v) is 28.3. The van der Waals surface area contributed by atoms with E-state index in [9.17, 15) is 26.7 Å². The normalized spacial score (nSPS) is 12.9. The highest BCUT2D eigenvalue weighted by molar-refractivity contribution is 7.85. The molecule has 0 saturated heterocycles. The number of carbonyl (C=O) groups is 1. The van der Waals surface area contributed by atoms with E-state index in [2.05, 4.69) is 39.1 Å². The Morgan fingerprint density at radius 1 is 0.897 bits per heavy atom. The second kappa shape index (κ2) is 19.1. The van der Waals surface area contributed by atoms with Gasteiger partial charge >= 0.3 is 0 Å². The summed E-state index contributed by atoms with van der Waals surface area (Å²) in [6, 6.07) is 2.11. The molecular formula is C25H58N2O7SSi4. The van der Waals surface area contributed by atoms with Crippen LogP contribution in [-0.2, 0) is 28.0 Å². The topological polar surface area (TPSA) is 130 Å². The van der Waals surface area contributed by atoms with Crippen LogP contribution in [0.5, 0.6) is 0 Å². The molecule has 232 valence electrons. The van der Waals surface area contributed by atoms with Gasteiger partial charge in [-0.3, -0.25) is 4.79 Å². The maximum atomic E-state index is 12.6. The molecule has 0 spiro atoms. The first-order valence-corrected chi connectivity index (χ1v) is 25.8. The zero-order valence-electron chi connectivity index (χ0n) is 25.7. The minimum absolute atomic E-state index is 0. The first-order valence-electron chi connectivity index (χ1n) is 14.7. The van der Waals surface area contributed by atoms with E-state index in [1.54, 1.807) is 0 Å². The fourth-order valence-electron chi connectivity index (χ4n) is 4.82. The summed E-state index contributed by atoms with van der Waals surface area (Å²) in [5, 5.41) is 3.04. The molecule has 14 heteroatoms. The van der Waals surface area contributed by atoms with Crippen molar-refractivity contribution < 1.29 is 36.7 Å². The van der Waals surface area contributed by atoms with Crippen molar-refractivity contribution in [2.75, 3.05) is 39.5 Å². The van der Waals surface area contributed by atoms with Crippen molar-refractivity contribution in [2.45, 2.75) is 114 Å². The van der Waals surface area contributed by atoms with Gasteiger partial charge in [0.05, 0.1) is 37.3 Å². The van der Waals surface area contributed by atoms with Gasteiger partial charge in [-0.2, -0.15) is 0 Å². The number of quaternary nitrogens is 1. The largest absolute Gasteiger partial charge is 0.748 e. The predicted molar refractivity (Wildman–Crippen MR) is 167 cm³/mol. The van der Waals surface area contributed by atoms with Crippen molar-refractivity contribution in [3.63, 3.8) is 0 Å². The Kier molecular flexibility index (Phi) is 18.9. The maximum Gasteiger partial charge on any atom is 0.275 e. The highest BCUT2D eigenvalue weighted by Gasteiger charge is 2.42. The summed E-state index contributed by atoms with van der Waals surface area (Å²) < 4.78 is 64.9. The molecule has 0 aliphatic heterocycles. The van der Waals surface area contributed by atoms with E-state index < -0.39 is 44.1 Å². The molecule has 1 N–H and O–H groups in total. The van der Waals surface area contributed by atoms with E-state index in [-0.39, 0.29) is 13.1 Å². The van der Waals surface area contributed by atoms with Crippen LogP contribution in [0, 0.1) is 0 Å². The van der Waals surface area contributed by atoms with Crippen molar-refractivity contribution >= 4 is 50.0 Å². The van der Waals surface area contributed by atoms with E-state index in [0.29, 0.717) is 42.8 Å². The molecule has 39 heavy (non-hydrogen) atoms. The van der Waals surface area contributed by atoms with Crippen LogP contribution in [0.2, 0.25) is 49.1 Å². The minimum atomic E-state index is -4.11. The van der Waals surface area contributed by atoms with Crippen molar-refractivity contribution in [1.82, 2.24) is 5.32 Å². The molecule has 0 aliphatic carbocycles. The Hall–Kier alpha value is -0.232. The molecule has 0 aromatic carbocycles. The summed E-state index contributed by atoms with van der Waals surface area (Å²) in [7, 11) is -7.59. The van der Waals surface area contributed by atoms with Crippen LogP contribution < -0.4 is 5.32 Å². The lowest BCUT2D eigenvalue weighted by molar-refractivity contribution is -0.890. The second-order valence-electron chi connectivity index (χ2n) is 12.5. The van der Waals surface area contributed by atoms with Gasteiger partial charge in [-0.15, -0.1) is 0 Å². The Balaban J connectivity index is 0. The average Bonchev–Trinajstić information content (AvgIpc) is 2.79. The number of hydrogen-bond acceptors (Lipinski definition) is 7. The summed E-state index contributed by atoms with van der Waals surface area (Å²) in [6.45, 7) is 12.8. The molecule has 0 fully saturated rings. The van der Waals surface area contributed by atoms with Crippen LogP contribution in [-0.4, -0.2) is 96.8 Å². The zero-order chi connectivity index (χ0) is 30.2. The first-order chi connectivity index (χ1) is 17.9. The molecule has 0 aliphatic rings. The molecule has 0 unspecified atom stereocenters. The van der Waals surface area contributed by atoms with Crippen molar-refractivity contribution in [3.05, 3.63) is 0 Å². The Labute approximate surface area is 245 Å². The monoisotopic (exact) mass is 642 g/mol. The summed E-state index contributed by atoms with van der Waals surface area (Å²) in [5.41, 5.74) is 1.22. The summed E-state index contributed by atoms with van der Waals surface area (Å²) in [5.74, 6) is -0.224. The standard InChI is InChI=1S/C25H56N2O7SSi4.H2/c1-8-36(32)23-39(24-37(33)9-2,34-38(5,6)7)22-16-18-26-25(28)17-12-10-13-19-27(3,4)20-14-11-15-21-35(29,30)31;/h8-24H2,1-7H3,(H-,26,28,29,30,31);1H. The molecule has 9 nitrogen and oxygen atoms in total. The quantitative estimate of drug-likeness (QED) is 0.0690. The van der Waals surface area contributed by atoms with Gasteiger partial charge in [0, 0.05) is 31.5 Å². The van der Waals surface area contributed by atoms with Gasteiger partial charge in [-0.05, 0) is 82.7 Å². The molecule has 1 amide bonds. The Bertz CT molecular complexity index is 854. The smallest absolute Gasteiger partial charge is 0.275 e. The van der Waals surface area contributed by atoms with Crippen LogP contribution in [0.15, 0.2) is 0 Å². The average molecular weight is 643 g/mol. The van der Waals surface area contributed by atoms with Gasteiger partial charge in [0.2, 0.25) is 5.91 Å². The molecule has 0 rings (SSSR count). The van der Waals surface area contributed by atoms with Crippen molar-refractivity contribution in [2.24, 2.45) is 0 Å². The summed E-state index contributed by atoms with van der Waals surface area (Å²) >= 11 is 0. The summed E-state index contributed by atoms with van der Waals surface area (Å²) in [4.78, 5) is 12.4. The van der Waals surface area contributed by atoms with Crippen LogP contribution in [0.3, 0.4) is 0 Å². The lowest BCUT2D eigenvalue weighted by Crippen LogP contribution is -2.50. The highest BCUT2D eigenvalue weighted by Crippen LogP contribution is 2.29. The van der Waals surface area contributed by atoms with Crippen LogP contribution in [0.25, 0.3) is 0 Å². The fraction of sp³-hybridized carbons (Fsp3) is 0.960. The van der Waals surface area contributed by atoms with Crippen molar-refractivity contribution in [1.29, 1.82) is 0 Å². The lowest BCUT2D eigenvalue weighted by Gasteiger charge is -2.37. The molecule has 0 heterocycles. The summed E-state index contributed by atoms with van der Waals surface area (Å²) in [6.07, 6.45) is 6.15. The van der Waals surface area contributed by atoms with Gasteiger partial charge in [-0.1, -0.05) is 13.8 Å². The fourth-order valence-corrected chi connectivity index (χ4v) is 24.5. The van der Waals surface area contributed by atoms with Gasteiger partial charge in [-0.25, -0.2) is 8.42 Å². The van der Waals surface area contributed by atoms with E-state index >= 15 is 0 Å². The molecular weight excluding hydrogens is 585 g/mol. The van der Waals surface area contributed by atoms with E-state index in [1.807, 2.05) is 13.8 Å². The molecule has 0 bridgehead atoms. The number of carbonyl (C=O) groups excluding carboxylic acids is 1. The maximum absolute atomic E-state index is 12.6. The molecule has 0 atom stereocenters. The highest BCUT2D eigenvalue weighted by atomic mass is 32.2. The van der Waals surface area contributed by atoms with Gasteiger partial charge in [0.15, 0.2) is 16.6 Å². The zero-order valence-corrected chi connectivity index (χ0v) is 30.6. The number of nitrogens with zero attached hydrogens (tertiary/aromatic N) is 1. The number of hydrogen-bond donors (Lipinski definition) is 1. The Morgan fingerprint density at radius 3 is 1.87 bits per heavy atom. The third-order valence-corrected chi connectivity index (χ3v) is 22.9. The Morgan fingerprint density at radius 2 is 1.41 bits per heavy atom. The van der Waals surface area contributed by atoms with Crippen LogP contribution in [0.1, 0.15) is 66.6 Å². The molecule has 0 aromatic rings. The third kappa shape index (κ3) is 22.1. The van der Waals surface area contributed by atoms with Gasteiger partial charge in [0.25, 0.3) is 17.4 Å². The lowest BCUT2D eigenvalue weighted by atomic mass is 10.1. The minimum Gasteiger partial charge on any atom is -0.748 e. The van der Waals surface area contributed by atoms with Gasteiger partial charge in [0.1, 0.15) is 0 Å². The molecule has 0 saturated carbocycles. The SMILES string of the molecule is CC[Si](=O)C[Si](CCCNC(=O)CCCCC[N+](C)(C)CCCCCS(=O)(=O)[O-])(C[Si](=O)CC)O[Si](C)(C)C.[HH].